The Morgan fingerprint density at radius 2 is 1.68 bits per heavy atom. The Morgan fingerprint density at radius 1 is 0.955 bits per heavy atom. The number of hydrogen-bond acceptors (Lipinski definition) is 0. The number of aryl methyl sites for hydroxylation is 2. The van der Waals surface area contributed by atoms with E-state index in [-0.39, 0.29) is 5.41 Å². The van der Waals surface area contributed by atoms with Gasteiger partial charge in [-0.2, -0.15) is 0 Å². The van der Waals surface area contributed by atoms with Crippen molar-refractivity contribution in [3.8, 4) is 11.1 Å². The van der Waals surface area contributed by atoms with E-state index < -0.39 is 0 Å². The molecule has 0 N–H and O–H groups in total. The monoisotopic (exact) mass is 289 g/mol. The first kappa shape index (κ1) is 15.1. The summed E-state index contributed by atoms with van der Waals surface area (Å²) in [7, 11) is 0. The Kier molecular flexibility index (Phi) is 3.72. The zero-order valence-corrected chi connectivity index (χ0v) is 14.3. The fraction of sp³-hybridized carbons (Fsp3) is 0.318. The predicted octanol–water partition coefficient (Wildman–Crippen LogP) is 6.22. The second-order valence-electron chi connectivity index (χ2n) is 7.27. The van der Waals surface area contributed by atoms with E-state index >= 15 is 0 Å². The van der Waals surface area contributed by atoms with E-state index in [2.05, 4.69) is 83.5 Å². The molecule has 0 unspecified atom stereocenters. The van der Waals surface area contributed by atoms with Crippen LogP contribution in [0.25, 0.3) is 17.2 Å². The highest BCUT2D eigenvalue weighted by Crippen LogP contribution is 2.43. The Labute approximate surface area is 134 Å². The van der Waals surface area contributed by atoms with Crippen LogP contribution in [0.4, 0.5) is 0 Å². The normalized spacial score (nSPS) is 14.0. The molecule has 0 aromatic heterocycles. The molecule has 0 aliphatic heterocycles. The van der Waals surface area contributed by atoms with Crippen LogP contribution in [-0.2, 0) is 6.42 Å². The molecule has 0 bridgehead atoms. The van der Waals surface area contributed by atoms with Crippen molar-refractivity contribution in [3.63, 3.8) is 0 Å². The molecule has 1 aliphatic carbocycles. The maximum atomic E-state index is 2.40. The summed E-state index contributed by atoms with van der Waals surface area (Å²) in [5.41, 5.74) is 9.96. The van der Waals surface area contributed by atoms with Crippen molar-refractivity contribution in [1.29, 1.82) is 0 Å². The molecular weight excluding hydrogens is 264 g/mol. The summed E-state index contributed by atoms with van der Waals surface area (Å²) in [6, 6.07) is 13.3. The quantitative estimate of drug-likeness (QED) is 0.615. The first-order chi connectivity index (χ1) is 10.4. The third-order valence-corrected chi connectivity index (χ3v) is 4.64. The van der Waals surface area contributed by atoms with Gasteiger partial charge in [-0.3, -0.25) is 0 Å². The van der Waals surface area contributed by atoms with Gasteiger partial charge in [0.05, 0.1) is 0 Å². The fourth-order valence-electron chi connectivity index (χ4n) is 3.23. The zero-order valence-electron chi connectivity index (χ0n) is 14.3. The van der Waals surface area contributed by atoms with Gasteiger partial charge in [0.15, 0.2) is 0 Å². The second kappa shape index (κ2) is 5.43. The number of fused-ring (bicyclic) bond motifs is 1. The van der Waals surface area contributed by atoms with Gasteiger partial charge in [0.2, 0.25) is 0 Å². The van der Waals surface area contributed by atoms with Crippen LogP contribution in [0, 0.1) is 18.8 Å². The summed E-state index contributed by atoms with van der Waals surface area (Å²) < 4.78 is 0. The van der Waals surface area contributed by atoms with E-state index in [0.717, 1.165) is 6.42 Å². The van der Waals surface area contributed by atoms with E-state index in [9.17, 15) is 0 Å². The average Bonchev–Trinajstić information content (AvgIpc) is 2.91. The molecule has 0 nitrogen and oxygen atoms in total. The summed E-state index contributed by atoms with van der Waals surface area (Å²) >= 11 is 0. The molecule has 0 fully saturated rings. The molecule has 0 amide bonds. The molecule has 113 valence electrons. The van der Waals surface area contributed by atoms with E-state index in [1.807, 2.05) is 0 Å². The van der Waals surface area contributed by atoms with Crippen LogP contribution in [0.3, 0.4) is 0 Å². The molecule has 0 heterocycles. The number of rotatable bonds is 2. The van der Waals surface area contributed by atoms with Crippen molar-refractivity contribution in [2.45, 2.75) is 41.0 Å². The van der Waals surface area contributed by atoms with Gasteiger partial charge in [-0.1, -0.05) is 75.7 Å². The van der Waals surface area contributed by atoms with Crippen molar-refractivity contribution < 1.29 is 0 Å². The lowest BCUT2D eigenvalue weighted by Crippen LogP contribution is -2.07. The summed E-state index contributed by atoms with van der Waals surface area (Å²) in [5, 5.41) is 0. The highest BCUT2D eigenvalue weighted by Gasteiger charge is 2.26. The standard InChI is InChI=1S/C22H25/c1-6-16-11-12-17-13-18(22(3,4)5)14-20(17)21(16)19-10-8-7-9-15(19)2/h7-14H,6H2,1-5H3. The summed E-state index contributed by atoms with van der Waals surface area (Å²) in [5.74, 6) is 0. The molecule has 0 heteroatoms. The van der Waals surface area contributed by atoms with Crippen LogP contribution in [0.1, 0.15) is 49.9 Å². The number of hydrogen-bond donors (Lipinski definition) is 0. The largest absolute Gasteiger partial charge is 0.0620 e. The van der Waals surface area contributed by atoms with Crippen molar-refractivity contribution in [1.82, 2.24) is 0 Å². The maximum absolute atomic E-state index is 2.40. The van der Waals surface area contributed by atoms with E-state index in [4.69, 9.17) is 0 Å². The Bertz CT molecular complexity index is 739. The fourth-order valence-corrected chi connectivity index (χ4v) is 3.23. The van der Waals surface area contributed by atoms with Crippen LogP contribution in [0.5, 0.6) is 0 Å². The van der Waals surface area contributed by atoms with Gasteiger partial charge in [0.25, 0.3) is 0 Å². The Hall–Kier alpha value is -1.82. The molecule has 2 aromatic rings. The summed E-state index contributed by atoms with van der Waals surface area (Å²) in [6.07, 6.45) is 5.82. The first-order valence-corrected chi connectivity index (χ1v) is 8.20. The minimum Gasteiger partial charge on any atom is -0.0620 e. The van der Waals surface area contributed by atoms with Gasteiger partial charge in [-0.25, -0.2) is 0 Å². The molecule has 0 atom stereocenters. The second-order valence-corrected chi connectivity index (χ2v) is 7.27. The van der Waals surface area contributed by atoms with Gasteiger partial charge >= 0.3 is 0 Å². The van der Waals surface area contributed by atoms with Crippen LogP contribution < -0.4 is 0 Å². The first-order valence-electron chi connectivity index (χ1n) is 8.20. The number of allylic oxidation sites excluding steroid dienone is 1. The van der Waals surface area contributed by atoms with E-state index in [0.29, 0.717) is 0 Å². The van der Waals surface area contributed by atoms with Crippen LogP contribution >= 0.6 is 0 Å². The highest BCUT2D eigenvalue weighted by atomic mass is 14.3. The smallest absolute Gasteiger partial charge is 0.0170 e. The molecule has 22 heavy (non-hydrogen) atoms. The van der Waals surface area contributed by atoms with Gasteiger partial charge in [-0.05, 0) is 52.1 Å². The summed E-state index contributed by atoms with van der Waals surface area (Å²) in [6.45, 7) is 11.3. The minimum absolute atomic E-state index is 0.189. The summed E-state index contributed by atoms with van der Waals surface area (Å²) in [4.78, 5) is 0. The Morgan fingerprint density at radius 3 is 2.32 bits per heavy atom. The van der Waals surface area contributed by atoms with Gasteiger partial charge < -0.3 is 0 Å². The van der Waals surface area contributed by atoms with Crippen LogP contribution in [0.15, 0.2) is 42.0 Å². The maximum Gasteiger partial charge on any atom is 0.0170 e. The lowest BCUT2D eigenvalue weighted by atomic mass is 9.85. The minimum atomic E-state index is 0.189. The predicted molar refractivity (Wildman–Crippen MR) is 96.8 cm³/mol. The molecule has 3 rings (SSSR count). The molecule has 0 saturated heterocycles. The van der Waals surface area contributed by atoms with E-state index in [1.54, 1.807) is 0 Å². The zero-order chi connectivity index (χ0) is 15.9. The molecule has 1 aliphatic rings. The highest BCUT2D eigenvalue weighted by molar-refractivity contribution is 5.86. The van der Waals surface area contributed by atoms with Gasteiger partial charge in [0, 0.05) is 6.42 Å². The Balaban J connectivity index is 2.25. The molecule has 2 aromatic carbocycles. The van der Waals surface area contributed by atoms with Gasteiger partial charge in [-0.15, -0.1) is 0 Å². The number of benzene rings is 2. The van der Waals surface area contributed by atoms with Gasteiger partial charge in [0.1, 0.15) is 0 Å². The molecule has 0 spiro atoms. The van der Waals surface area contributed by atoms with Crippen LogP contribution in [0.2, 0.25) is 0 Å². The third-order valence-electron chi connectivity index (χ3n) is 4.64. The topological polar surface area (TPSA) is 0 Å². The molecule has 1 radical (unpaired) electrons. The molecular formula is C22H25. The van der Waals surface area contributed by atoms with Crippen molar-refractivity contribution in [3.05, 3.63) is 70.6 Å². The lowest BCUT2D eigenvalue weighted by molar-refractivity contribution is 0.516. The van der Waals surface area contributed by atoms with E-state index in [1.165, 1.54) is 39.0 Å². The van der Waals surface area contributed by atoms with Crippen molar-refractivity contribution >= 4 is 6.08 Å². The lowest BCUT2D eigenvalue weighted by Gasteiger charge is -2.19. The van der Waals surface area contributed by atoms with Crippen molar-refractivity contribution in [2.24, 2.45) is 5.41 Å². The van der Waals surface area contributed by atoms with Crippen LogP contribution in [-0.4, -0.2) is 0 Å². The SMILES string of the molecule is CCc1ccc2c(c1-c1ccccc1C)C=C(C(C)(C)C)[CH]2. The average molecular weight is 289 g/mol. The third kappa shape index (κ3) is 2.52. The molecule has 0 saturated carbocycles. The van der Waals surface area contributed by atoms with Crippen molar-refractivity contribution in [2.75, 3.05) is 0 Å².